The molecule has 0 heterocycles. The smallest absolute Gasteiger partial charge is 0.416 e. The maximum Gasteiger partial charge on any atom is 0.416 e. The van der Waals surface area contributed by atoms with Gasteiger partial charge in [-0.15, -0.1) is 0 Å². The summed E-state index contributed by atoms with van der Waals surface area (Å²) in [6.45, 7) is 1.69. The van der Waals surface area contributed by atoms with E-state index < -0.39 is 23.7 Å². The van der Waals surface area contributed by atoms with Gasteiger partial charge in [0.2, 0.25) is 0 Å². The van der Waals surface area contributed by atoms with Crippen molar-refractivity contribution in [2.45, 2.75) is 13.1 Å². The molecule has 5 nitrogen and oxygen atoms in total. The normalized spacial score (nSPS) is 11.0. The Kier molecular flexibility index (Phi) is 4.77. The van der Waals surface area contributed by atoms with E-state index >= 15 is 0 Å². The standard InChI is InChI=1S/C16H13F3N2O3/c1-9-5-6-13(12(7-9)14(22)23)21-15(24)20-11-4-2-3-10(8-11)16(17,18)19/h2-8H,1H3,(H,22,23)(H2,20,21,24). The molecular weight excluding hydrogens is 325 g/mol. The minimum Gasteiger partial charge on any atom is -0.478 e. The number of aromatic carboxylic acids is 1. The molecule has 0 radical (unpaired) electrons. The van der Waals surface area contributed by atoms with E-state index in [1.165, 1.54) is 18.2 Å². The molecule has 0 fully saturated rings. The SMILES string of the molecule is Cc1ccc(NC(=O)Nc2cccc(C(F)(F)F)c2)c(C(=O)O)c1. The molecule has 0 saturated heterocycles. The van der Waals surface area contributed by atoms with E-state index in [1.807, 2.05) is 0 Å². The zero-order valence-electron chi connectivity index (χ0n) is 12.4. The number of amides is 2. The second kappa shape index (κ2) is 6.61. The predicted octanol–water partition coefficient (Wildman–Crippen LogP) is 4.36. The Bertz CT molecular complexity index is 788. The van der Waals surface area contributed by atoms with Gasteiger partial charge in [-0.1, -0.05) is 17.7 Å². The first-order valence-corrected chi connectivity index (χ1v) is 6.76. The van der Waals surface area contributed by atoms with Crippen molar-refractivity contribution in [1.82, 2.24) is 0 Å². The van der Waals surface area contributed by atoms with Crippen LogP contribution in [0.15, 0.2) is 42.5 Å². The van der Waals surface area contributed by atoms with Crippen molar-refractivity contribution < 1.29 is 27.9 Å². The van der Waals surface area contributed by atoms with Gasteiger partial charge in [-0.25, -0.2) is 9.59 Å². The summed E-state index contributed by atoms with van der Waals surface area (Å²) in [5.41, 5.74) is -0.351. The number of alkyl halides is 3. The summed E-state index contributed by atoms with van der Waals surface area (Å²) in [5, 5.41) is 13.7. The van der Waals surface area contributed by atoms with Crippen LogP contribution < -0.4 is 10.6 Å². The summed E-state index contributed by atoms with van der Waals surface area (Å²) in [4.78, 5) is 23.1. The Hall–Kier alpha value is -3.03. The molecule has 0 aliphatic rings. The van der Waals surface area contributed by atoms with Crippen LogP contribution in [0.1, 0.15) is 21.5 Å². The molecule has 0 saturated carbocycles. The number of anilines is 2. The molecule has 2 rings (SSSR count). The topological polar surface area (TPSA) is 78.4 Å². The molecule has 0 spiro atoms. The Labute approximate surface area is 135 Å². The van der Waals surface area contributed by atoms with E-state index in [0.29, 0.717) is 5.56 Å². The number of hydrogen-bond acceptors (Lipinski definition) is 2. The number of aryl methyl sites for hydroxylation is 1. The number of benzene rings is 2. The fourth-order valence-corrected chi connectivity index (χ4v) is 2.00. The van der Waals surface area contributed by atoms with Crippen molar-refractivity contribution >= 4 is 23.4 Å². The van der Waals surface area contributed by atoms with E-state index in [0.717, 1.165) is 18.2 Å². The Morgan fingerprint density at radius 2 is 1.75 bits per heavy atom. The highest BCUT2D eigenvalue weighted by Gasteiger charge is 2.30. The molecule has 0 atom stereocenters. The molecule has 0 aliphatic heterocycles. The zero-order chi connectivity index (χ0) is 17.9. The summed E-state index contributed by atoms with van der Waals surface area (Å²) >= 11 is 0. The first-order chi connectivity index (χ1) is 11.2. The lowest BCUT2D eigenvalue weighted by molar-refractivity contribution is -0.137. The molecule has 126 valence electrons. The van der Waals surface area contributed by atoms with Gasteiger partial charge in [0.25, 0.3) is 0 Å². The van der Waals surface area contributed by atoms with Crippen molar-refractivity contribution in [3.63, 3.8) is 0 Å². The first-order valence-electron chi connectivity index (χ1n) is 6.76. The second-order valence-corrected chi connectivity index (χ2v) is 5.01. The van der Waals surface area contributed by atoms with Crippen molar-refractivity contribution in [1.29, 1.82) is 0 Å². The lowest BCUT2D eigenvalue weighted by Gasteiger charge is -2.12. The molecule has 24 heavy (non-hydrogen) atoms. The molecule has 2 aromatic rings. The molecule has 2 aromatic carbocycles. The van der Waals surface area contributed by atoms with Crippen molar-refractivity contribution in [3.8, 4) is 0 Å². The summed E-state index contributed by atoms with van der Waals surface area (Å²) in [5.74, 6) is -1.23. The van der Waals surface area contributed by atoms with Gasteiger partial charge >= 0.3 is 18.2 Å². The van der Waals surface area contributed by atoms with E-state index in [1.54, 1.807) is 13.0 Å². The van der Waals surface area contributed by atoms with Crippen LogP contribution >= 0.6 is 0 Å². The number of rotatable bonds is 3. The third-order valence-corrected chi connectivity index (χ3v) is 3.10. The van der Waals surface area contributed by atoms with Gasteiger partial charge in [-0.3, -0.25) is 0 Å². The van der Waals surface area contributed by atoms with E-state index in [4.69, 9.17) is 5.11 Å². The van der Waals surface area contributed by atoms with Gasteiger partial charge in [0.05, 0.1) is 16.8 Å². The Balaban J connectivity index is 2.16. The average Bonchev–Trinajstić information content (AvgIpc) is 2.48. The monoisotopic (exact) mass is 338 g/mol. The van der Waals surface area contributed by atoms with Crippen LogP contribution in [0.25, 0.3) is 0 Å². The maximum absolute atomic E-state index is 12.6. The number of carbonyl (C=O) groups is 2. The van der Waals surface area contributed by atoms with Gasteiger partial charge < -0.3 is 15.7 Å². The van der Waals surface area contributed by atoms with E-state index in [-0.39, 0.29) is 16.9 Å². The van der Waals surface area contributed by atoms with Crippen LogP contribution in [0.3, 0.4) is 0 Å². The molecular formula is C16H13F3N2O3. The van der Waals surface area contributed by atoms with Crippen LogP contribution in [-0.2, 0) is 6.18 Å². The summed E-state index contributed by atoms with van der Waals surface area (Å²) in [7, 11) is 0. The number of urea groups is 1. The lowest BCUT2D eigenvalue weighted by Crippen LogP contribution is -2.21. The van der Waals surface area contributed by atoms with Crippen LogP contribution in [-0.4, -0.2) is 17.1 Å². The molecule has 8 heteroatoms. The molecule has 0 unspecified atom stereocenters. The molecule has 3 N–H and O–H groups in total. The summed E-state index contributed by atoms with van der Waals surface area (Å²) < 4.78 is 37.9. The van der Waals surface area contributed by atoms with Gasteiger partial charge in [0, 0.05) is 5.69 Å². The van der Waals surface area contributed by atoms with Crippen LogP contribution in [0.2, 0.25) is 0 Å². The number of carboxylic acids is 1. The third kappa shape index (κ3) is 4.25. The largest absolute Gasteiger partial charge is 0.478 e. The number of hydrogen-bond donors (Lipinski definition) is 3. The molecule has 2 amide bonds. The summed E-state index contributed by atoms with van der Waals surface area (Å²) in [6.07, 6.45) is -4.53. The molecule has 0 aliphatic carbocycles. The van der Waals surface area contributed by atoms with Crippen molar-refractivity contribution in [3.05, 3.63) is 59.2 Å². The third-order valence-electron chi connectivity index (χ3n) is 3.10. The van der Waals surface area contributed by atoms with Crippen LogP contribution in [0.5, 0.6) is 0 Å². The Morgan fingerprint density at radius 3 is 2.38 bits per heavy atom. The molecule has 0 bridgehead atoms. The van der Waals surface area contributed by atoms with Crippen LogP contribution in [0.4, 0.5) is 29.3 Å². The highest BCUT2D eigenvalue weighted by molar-refractivity contribution is 6.04. The number of carboxylic acid groups (broad SMARTS) is 1. The number of carbonyl (C=O) groups excluding carboxylic acids is 1. The fraction of sp³-hybridized carbons (Fsp3) is 0.125. The van der Waals surface area contributed by atoms with Gasteiger partial charge in [0.15, 0.2) is 0 Å². The lowest BCUT2D eigenvalue weighted by atomic mass is 10.1. The van der Waals surface area contributed by atoms with Crippen molar-refractivity contribution in [2.24, 2.45) is 0 Å². The van der Waals surface area contributed by atoms with Gasteiger partial charge in [-0.2, -0.15) is 13.2 Å². The maximum atomic E-state index is 12.6. The zero-order valence-corrected chi connectivity index (χ0v) is 12.4. The van der Waals surface area contributed by atoms with Crippen LogP contribution in [0, 0.1) is 6.92 Å². The highest BCUT2D eigenvalue weighted by atomic mass is 19.4. The van der Waals surface area contributed by atoms with E-state index in [2.05, 4.69) is 10.6 Å². The quantitative estimate of drug-likeness (QED) is 0.778. The predicted molar refractivity (Wildman–Crippen MR) is 82.2 cm³/mol. The minimum absolute atomic E-state index is 0.0394. The molecule has 0 aromatic heterocycles. The second-order valence-electron chi connectivity index (χ2n) is 5.01. The Morgan fingerprint density at radius 1 is 1.04 bits per heavy atom. The number of halogens is 3. The van der Waals surface area contributed by atoms with E-state index in [9.17, 15) is 22.8 Å². The fourth-order valence-electron chi connectivity index (χ4n) is 2.00. The number of nitrogens with one attached hydrogen (secondary N) is 2. The van der Waals surface area contributed by atoms with Crippen molar-refractivity contribution in [2.75, 3.05) is 10.6 Å². The highest BCUT2D eigenvalue weighted by Crippen LogP contribution is 2.30. The summed E-state index contributed by atoms with van der Waals surface area (Å²) in [6, 6.07) is 7.66. The average molecular weight is 338 g/mol. The minimum atomic E-state index is -4.53. The van der Waals surface area contributed by atoms with Gasteiger partial charge in [-0.05, 0) is 37.3 Å². The first kappa shape index (κ1) is 17.3. The van der Waals surface area contributed by atoms with Gasteiger partial charge in [0.1, 0.15) is 0 Å².